The first-order valence-electron chi connectivity index (χ1n) is 10.1. The first kappa shape index (κ1) is 25.7. The van der Waals surface area contributed by atoms with Crippen molar-refractivity contribution in [2.45, 2.75) is 53.0 Å². The van der Waals surface area contributed by atoms with E-state index in [-0.39, 0.29) is 0 Å². The van der Waals surface area contributed by atoms with Crippen molar-refractivity contribution in [3.63, 3.8) is 0 Å². The molecule has 0 aliphatic carbocycles. The lowest BCUT2D eigenvalue weighted by molar-refractivity contribution is 0.183. The van der Waals surface area contributed by atoms with E-state index in [4.69, 9.17) is 25.1 Å². The molecule has 0 heterocycles. The number of rotatable bonds is 16. The summed E-state index contributed by atoms with van der Waals surface area (Å²) in [4.78, 5) is 0. The predicted molar refractivity (Wildman–Crippen MR) is 119 cm³/mol. The summed E-state index contributed by atoms with van der Waals surface area (Å²) in [6.45, 7) is 15.1. The van der Waals surface area contributed by atoms with E-state index in [1.54, 1.807) is 0 Å². The Morgan fingerprint density at radius 1 is 0.464 bits per heavy atom. The van der Waals surface area contributed by atoms with E-state index in [0.717, 1.165) is 11.1 Å². The lowest BCUT2D eigenvalue weighted by atomic mass is 10.2. The van der Waals surface area contributed by atoms with Gasteiger partial charge in [-0.2, -0.15) is 0 Å². The van der Waals surface area contributed by atoms with Crippen LogP contribution in [0, 0.1) is 0 Å². The van der Waals surface area contributed by atoms with Crippen molar-refractivity contribution < 1.29 is 25.1 Å². The molecule has 28 heavy (non-hydrogen) atoms. The summed E-state index contributed by atoms with van der Waals surface area (Å²) in [6, 6.07) is 8.34. The van der Waals surface area contributed by atoms with Crippen molar-refractivity contribution >= 4 is 21.7 Å². The summed E-state index contributed by atoms with van der Waals surface area (Å²) in [6.07, 6.45) is 0. The molecule has 0 aliphatic rings. The van der Waals surface area contributed by atoms with Crippen LogP contribution in [0.3, 0.4) is 0 Å². The van der Waals surface area contributed by atoms with Gasteiger partial charge in [0.25, 0.3) is 0 Å². The Bertz CT molecular complexity index is 445. The highest BCUT2D eigenvalue weighted by Gasteiger charge is 2.28. The molecule has 166 valence electrons. The van der Waals surface area contributed by atoms with Gasteiger partial charge in [-0.05, 0) is 52.7 Å². The molecule has 0 unspecified atom stereocenters. The average molecular weight is 439 g/mol. The van der Waals surface area contributed by atoms with Gasteiger partial charge in [-0.25, -0.2) is 0 Å². The third-order valence-corrected chi connectivity index (χ3v) is 8.44. The van der Waals surface area contributed by atoms with Crippen molar-refractivity contribution in [2.75, 3.05) is 39.6 Å². The van der Waals surface area contributed by atoms with Crippen LogP contribution < -0.4 is 0 Å². The Morgan fingerprint density at radius 2 is 0.679 bits per heavy atom. The minimum Gasteiger partial charge on any atom is -0.292 e. The predicted octanol–water partition coefficient (Wildman–Crippen LogP) is 6.00. The molecule has 1 aromatic rings. The third-order valence-electron chi connectivity index (χ3n) is 3.49. The molecule has 0 aromatic heterocycles. The average Bonchev–Trinajstić information content (AvgIpc) is 2.65. The SMILES string of the molecule is CCOS(Cc1ccc(CS(OCC)(OCC)OCC)cc1)(OCC)OCC. The molecule has 0 fully saturated rings. The fourth-order valence-electron chi connectivity index (χ4n) is 2.67. The van der Waals surface area contributed by atoms with E-state index in [0.29, 0.717) is 51.1 Å². The zero-order valence-corrected chi connectivity index (χ0v) is 19.9. The van der Waals surface area contributed by atoms with Crippen molar-refractivity contribution in [2.24, 2.45) is 0 Å². The van der Waals surface area contributed by atoms with Gasteiger partial charge in [-0.3, -0.25) is 25.1 Å². The summed E-state index contributed by atoms with van der Waals surface area (Å²) >= 11 is 0. The quantitative estimate of drug-likeness (QED) is 0.315. The van der Waals surface area contributed by atoms with Crippen LogP contribution in [0.5, 0.6) is 0 Å². The molecule has 0 bridgehead atoms. The maximum absolute atomic E-state index is 5.90. The number of benzene rings is 1. The largest absolute Gasteiger partial charge is 0.292 e. The monoisotopic (exact) mass is 438 g/mol. The Morgan fingerprint density at radius 3 is 0.857 bits per heavy atom. The van der Waals surface area contributed by atoms with Crippen LogP contribution in [0.25, 0.3) is 0 Å². The first-order valence-corrected chi connectivity index (χ1v) is 13.2. The van der Waals surface area contributed by atoms with Crippen LogP contribution in [0.1, 0.15) is 52.7 Å². The summed E-state index contributed by atoms with van der Waals surface area (Å²) in [5.41, 5.74) is 2.22. The molecule has 0 saturated carbocycles. The molecule has 0 atom stereocenters. The van der Waals surface area contributed by atoms with Crippen LogP contribution in [0.15, 0.2) is 24.3 Å². The summed E-state index contributed by atoms with van der Waals surface area (Å²) in [5, 5.41) is 0. The summed E-state index contributed by atoms with van der Waals surface area (Å²) in [5.74, 6) is 1.20. The first-order chi connectivity index (χ1) is 13.5. The van der Waals surface area contributed by atoms with Crippen LogP contribution in [-0.2, 0) is 36.6 Å². The molecule has 0 aliphatic heterocycles. The second-order valence-corrected chi connectivity index (χ2v) is 9.88. The summed E-state index contributed by atoms with van der Waals surface area (Å²) < 4.78 is 35.4. The van der Waals surface area contributed by atoms with Gasteiger partial charge in [0.1, 0.15) is 0 Å². The number of hydrogen-bond donors (Lipinski definition) is 0. The maximum atomic E-state index is 5.90. The van der Waals surface area contributed by atoms with Crippen molar-refractivity contribution in [1.29, 1.82) is 0 Å². The van der Waals surface area contributed by atoms with Gasteiger partial charge in [0.15, 0.2) is 0 Å². The number of hydrogen-bond acceptors (Lipinski definition) is 6. The lowest BCUT2D eigenvalue weighted by Crippen LogP contribution is -2.16. The summed E-state index contributed by atoms with van der Waals surface area (Å²) in [7, 11) is -4.08. The van der Waals surface area contributed by atoms with E-state index < -0.39 is 21.7 Å². The maximum Gasteiger partial charge on any atom is 0.0931 e. The molecule has 0 saturated heterocycles. The van der Waals surface area contributed by atoms with E-state index in [2.05, 4.69) is 24.3 Å². The molecule has 0 N–H and O–H groups in total. The molecule has 0 amide bonds. The zero-order valence-electron chi connectivity index (χ0n) is 18.2. The Balaban J connectivity index is 2.95. The van der Waals surface area contributed by atoms with E-state index >= 15 is 0 Å². The Kier molecular flexibility index (Phi) is 12.7. The zero-order chi connectivity index (χ0) is 20.9. The molecule has 8 heteroatoms. The fraction of sp³-hybridized carbons (Fsp3) is 0.700. The normalized spacial score (nSPS) is 13.6. The van der Waals surface area contributed by atoms with Crippen LogP contribution >= 0.6 is 21.7 Å². The van der Waals surface area contributed by atoms with Gasteiger partial charge in [0, 0.05) is 0 Å². The van der Waals surface area contributed by atoms with E-state index in [9.17, 15) is 0 Å². The Labute approximate surface area is 175 Å². The molecule has 6 nitrogen and oxygen atoms in total. The van der Waals surface area contributed by atoms with Crippen LogP contribution in [0.2, 0.25) is 0 Å². The second kappa shape index (κ2) is 13.8. The minimum absolute atomic E-state index is 0.552. The topological polar surface area (TPSA) is 55.4 Å². The van der Waals surface area contributed by atoms with E-state index in [1.807, 2.05) is 41.5 Å². The van der Waals surface area contributed by atoms with Gasteiger partial charge >= 0.3 is 0 Å². The highest BCUT2D eigenvalue weighted by molar-refractivity contribution is 8.21. The highest BCUT2D eigenvalue weighted by Crippen LogP contribution is 2.55. The second-order valence-electron chi connectivity index (χ2n) is 5.66. The standard InChI is InChI=1S/C20H38O6S2/c1-7-21-27(22-8-2,23-9-3)17-19-13-15-20(16-14-19)18-28(24-10-4,25-11-5)26-12-6/h13-16H,7-12,17-18H2,1-6H3. The van der Waals surface area contributed by atoms with Crippen LogP contribution in [-0.4, -0.2) is 39.6 Å². The molecular weight excluding hydrogens is 400 g/mol. The Hall–Kier alpha value is -0.320. The van der Waals surface area contributed by atoms with Crippen molar-refractivity contribution in [3.8, 4) is 0 Å². The fourth-order valence-corrected chi connectivity index (χ4v) is 6.94. The van der Waals surface area contributed by atoms with E-state index in [1.165, 1.54) is 0 Å². The minimum atomic E-state index is -2.04. The van der Waals surface area contributed by atoms with Crippen molar-refractivity contribution in [3.05, 3.63) is 35.4 Å². The third kappa shape index (κ3) is 8.20. The van der Waals surface area contributed by atoms with Gasteiger partial charge < -0.3 is 0 Å². The molecule has 0 spiro atoms. The smallest absolute Gasteiger partial charge is 0.0931 e. The highest BCUT2D eigenvalue weighted by atomic mass is 32.3. The molecule has 0 radical (unpaired) electrons. The van der Waals surface area contributed by atoms with Gasteiger partial charge in [-0.15, -0.1) is 0 Å². The van der Waals surface area contributed by atoms with Crippen molar-refractivity contribution in [1.82, 2.24) is 0 Å². The van der Waals surface area contributed by atoms with Gasteiger partial charge in [0.05, 0.1) is 72.9 Å². The molecule has 1 rings (SSSR count). The van der Waals surface area contributed by atoms with Gasteiger partial charge in [-0.1, -0.05) is 24.3 Å². The van der Waals surface area contributed by atoms with Crippen LogP contribution in [0.4, 0.5) is 0 Å². The van der Waals surface area contributed by atoms with Gasteiger partial charge in [0.2, 0.25) is 0 Å². The lowest BCUT2D eigenvalue weighted by Gasteiger charge is -2.37. The molecule has 1 aromatic carbocycles. The molecular formula is C20H38O6S2.